The van der Waals surface area contributed by atoms with Crippen LogP contribution in [0, 0.1) is 11.3 Å². The van der Waals surface area contributed by atoms with Gasteiger partial charge in [0.2, 0.25) is 0 Å². The number of hydrogen-bond acceptors (Lipinski definition) is 7. The first-order valence-electron chi connectivity index (χ1n) is 8.79. The van der Waals surface area contributed by atoms with Gasteiger partial charge in [-0.15, -0.1) is 0 Å². The Balaban J connectivity index is 2.63. The van der Waals surface area contributed by atoms with Crippen LogP contribution in [0.1, 0.15) is 31.9 Å². The largest absolute Gasteiger partial charge is 0.443 e. The van der Waals surface area contributed by atoms with Gasteiger partial charge in [0.15, 0.2) is 9.84 Å². The van der Waals surface area contributed by atoms with Crippen LogP contribution < -0.4 is 0 Å². The van der Waals surface area contributed by atoms with E-state index in [1.807, 2.05) is 6.07 Å². The van der Waals surface area contributed by atoms with Crippen molar-refractivity contribution >= 4 is 26.0 Å². The number of carbonyl (C=O) groups excluding carboxylic acids is 1. The Morgan fingerprint density at radius 1 is 1.07 bits per heavy atom. The molecule has 30 heavy (non-hydrogen) atoms. The third kappa shape index (κ3) is 5.58. The number of hydrogen-bond donors (Lipinski definition) is 0. The van der Waals surface area contributed by atoms with E-state index < -0.39 is 38.1 Å². The van der Waals surface area contributed by atoms with Crippen LogP contribution in [0.3, 0.4) is 0 Å². The summed E-state index contributed by atoms with van der Waals surface area (Å²) in [5.74, 6) is 0. The first-order valence-corrected chi connectivity index (χ1v) is 12.1. The van der Waals surface area contributed by atoms with Gasteiger partial charge in [-0.05, 0) is 50.6 Å². The van der Waals surface area contributed by atoms with Gasteiger partial charge in [0.25, 0.3) is 10.0 Å². The zero-order chi connectivity index (χ0) is 22.7. The van der Waals surface area contributed by atoms with Crippen LogP contribution in [0.25, 0.3) is 0 Å². The summed E-state index contributed by atoms with van der Waals surface area (Å²) in [5.41, 5.74) is -0.845. The molecule has 0 spiro atoms. The van der Waals surface area contributed by atoms with Gasteiger partial charge >= 0.3 is 6.09 Å². The van der Waals surface area contributed by atoms with Crippen LogP contribution in [0.15, 0.2) is 58.3 Å². The van der Waals surface area contributed by atoms with Gasteiger partial charge in [-0.3, -0.25) is 0 Å². The van der Waals surface area contributed by atoms with E-state index in [1.54, 1.807) is 26.8 Å². The molecule has 1 amide bonds. The number of benzene rings is 2. The van der Waals surface area contributed by atoms with Gasteiger partial charge in [-0.2, -0.15) is 9.57 Å². The minimum absolute atomic E-state index is 0.0434. The zero-order valence-corrected chi connectivity index (χ0v) is 18.6. The fourth-order valence-corrected chi connectivity index (χ4v) is 4.78. The van der Waals surface area contributed by atoms with Crippen molar-refractivity contribution in [1.82, 2.24) is 4.31 Å². The third-order valence-corrected chi connectivity index (χ3v) is 6.74. The second-order valence-corrected chi connectivity index (χ2v) is 11.4. The lowest BCUT2D eigenvalue weighted by molar-refractivity contribution is 0.0380. The quantitative estimate of drug-likeness (QED) is 0.686. The fourth-order valence-electron chi connectivity index (χ4n) is 2.53. The van der Waals surface area contributed by atoms with Crippen molar-refractivity contribution in [2.45, 2.75) is 42.7 Å². The lowest BCUT2D eigenvalue weighted by Gasteiger charge is -2.27. The maximum atomic E-state index is 13.2. The molecular formula is C20H22N2O6S2. The topological polar surface area (TPSA) is 122 Å². The fraction of sp³-hybridized carbons (Fsp3) is 0.300. The third-order valence-electron chi connectivity index (χ3n) is 3.84. The Bertz CT molecular complexity index is 1190. The maximum Gasteiger partial charge on any atom is 0.424 e. The molecule has 0 aliphatic rings. The van der Waals surface area contributed by atoms with E-state index in [2.05, 4.69) is 0 Å². The molecule has 0 radical (unpaired) electrons. The van der Waals surface area contributed by atoms with Gasteiger partial charge in [0.1, 0.15) is 5.60 Å². The summed E-state index contributed by atoms with van der Waals surface area (Å²) in [7, 11) is -8.16. The van der Waals surface area contributed by atoms with Crippen molar-refractivity contribution in [1.29, 1.82) is 5.26 Å². The molecule has 0 unspecified atom stereocenters. The Morgan fingerprint density at radius 2 is 1.67 bits per heavy atom. The molecule has 0 aliphatic heterocycles. The number of carbonyl (C=O) groups is 1. The summed E-state index contributed by atoms with van der Waals surface area (Å²) in [6.45, 7) is 4.17. The van der Waals surface area contributed by atoms with Crippen molar-refractivity contribution in [3.63, 3.8) is 0 Å². The van der Waals surface area contributed by atoms with Crippen LogP contribution >= 0.6 is 0 Å². The molecule has 0 fully saturated rings. The van der Waals surface area contributed by atoms with Gasteiger partial charge < -0.3 is 4.74 Å². The van der Waals surface area contributed by atoms with Crippen LogP contribution in [-0.2, 0) is 31.1 Å². The molecular weight excluding hydrogens is 428 g/mol. The number of sulfonamides is 1. The number of amides is 1. The molecule has 0 N–H and O–H groups in total. The SMILES string of the molecule is CC(C)(C)OC(=O)N(Cc1ccc(C#N)cc1S(C)(=O)=O)S(=O)(=O)c1ccccc1. The predicted molar refractivity (Wildman–Crippen MR) is 110 cm³/mol. The molecule has 0 saturated carbocycles. The Kier molecular flexibility index (Phi) is 6.59. The number of sulfone groups is 1. The standard InChI is InChI=1S/C20H22N2O6S2/c1-20(2,3)28-19(23)22(30(26,27)17-8-6-5-7-9-17)14-16-11-10-15(13-21)12-18(16)29(4,24)25/h5-12H,14H2,1-4H3. The molecule has 0 aliphatic carbocycles. The average molecular weight is 451 g/mol. The van der Waals surface area contributed by atoms with E-state index in [4.69, 9.17) is 10.00 Å². The number of rotatable bonds is 5. The minimum Gasteiger partial charge on any atom is -0.443 e. The van der Waals surface area contributed by atoms with E-state index in [1.165, 1.54) is 36.4 Å². The van der Waals surface area contributed by atoms with Crippen LogP contribution in [0.2, 0.25) is 0 Å². The minimum atomic E-state index is -4.35. The maximum absolute atomic E-state index is 13.2. The second kappa shape index (κ2) is 8.45. The highest BCUT2D eigenvalue weighted by molar-refractivity contribution is 7.90. The van der Waals surface area contributed by atoms with E-state index in [-0.39, 0.29) is 20.9 Å². The van der Waals surface area contributed by atoms with Gasteiger partial charge in [-0.25, -0.2) is 21.6 Å². The van der Waals surface area contributed by atoms with Crippen LogP contribution in [0.5, 0.6) is 0 Å². The van der Waals surface area contributed by atoms with Crippen LogP contribution in [0.4, 0.5) is 4.79 Å². The molecule has 2 rings (SSSR count). The van der Waals surface area contributed by atoms with Crippen molar-refractivity contribution in [2.24, 2.45) is 0 Å². The van der Waals surface area contributed by atoms with Crippen molar-refractivity contribution in [3.8, 4) is 6.07 Å². The van der Waals surface area contributed by atoms with Gasteiger partial charge in [0.05, 0.1) is 28.0 Å². The van der Waals surface area contributed by atoms with E-state index in [0.29, 0.717) is 4.31 Å². The molecule has 160 valence electrons. The molecule has 0 saturated heterocycles. The van der Waals surface area contributed by atoms with Crippen molar-refractivity contribution in [3.05, 3.63) is 59.7 Å². The summed E-state index contributed by atoms with van der Waals surface area (Å²) >= 11 is 0. The predicted octanol–water partition coefficient (Wildman–Crippen LogP) is 3.09. The Labute approximate surface area is 176 Å². The Morgan fingerprint density at radius 3 is 2.17 bits per heavy atom. The molecule has 0 bridgehead atoms. The molecule has 2 aromatic carbocycles. The summed E-state index contributed by atoms with van der Waals surface area (Å²) < 4.78 is 56.5. The zero-order valence-electron chi connectivity index (χ0n) is 17.0. The monoisotopic (exact) mass is 450 g/mol. The molecule has 2 aromatic rings. The van der Waals surface area contributed by atoms with Crippen molar-refractivity contribution < 1.29 is 26.4 Å². The summed E-state index contributed by atoms with van der Waals surface area (Å²) in [6, 6.07) is 12.9. The van der Waals surface area contributed by atoms with Gasteiger partial charge in [-0.1, -0.05) is 24.3 Å². The number of nitriles is 1. The van der Waals surface area contributed by atoms with E-state index in [0.717, 1.165) is 12.3 Å². The second-order valence-electron chi connectivity index (χ2n) is 7.51. The van der Waals surface area contributed by atoms with Gasteiger partial charge in [0, 0.05) is 6.26 Å². The van der Waals surface area contributed by atoms with E-state index in [9.17, 15) is 21.6 Å². The first kappa shape index (κ1) is 23.4. The smallest absolute Gasteiger partial charge is 0.424 e. The highest BCUT2D eigenvalue weighted by Crippen LogP contribution is 2.25. The molecule has 0 heterocycles. The molecule has 8 nitrogen and oxygen atoms in total. The molecule has 0 aromatic heterocycles. The number of ether oxygens (including phenoxy) is 1. The lowest BCUT2D eigenvalue weighted by atomic mass is 10.1. The van der Waals surface area contributed by atoms with Crippen LogP contribution in [-0.4, -0.2) is 39.1 Å². The average Bonchev–Trinajstić information content (AvgIpc) is 2.64. The summed E-state index contributed by atoms with van der Waals surface area (Å²) in [5, 5.41) is 9.07. The number of nitrogens with zero attached hydrogens (tertiary/aromatic N) is 2. The first-order chi connectivity index (χ1) is 13.8. The summed E-state index contributed by atoms with van der Waals surface area (Å²) in [6.07, 6.45) is -0.202. The summed E-state index contributed by atoms with van der Waals surface area (Å²) in [4.78, 5) is 12.4. The molecule has 0 atom stereocenters. The Hall–Kier alpha value is -2.90. The lowest BCUT2D eigenvalue weighted by Crippen LogP contribution is -2.40. The highest BCUT2D eigenvalue weighted by atomic mass is 32.2. The highest BCUT2D eigenvalue weighted by Gasteiger charge is 2.34. The molecule has 10 heteroatoms. The van der Waals surface area contributed by atoms with Crippen molar-refractivity contribution in [2.75, 3.05) is 6.26 Å². The normalized spacial score (nSPS) is 12.1. The van der Waals surface area contributed by atoms with E-state index >= 15 is 0 Å².